The molecule has 1 aliphatic rings. The van der Waals surface area contributed by atoms with Crippen LogP contribution in [0.3, 0.4) is 0 Å². The van der Waals surface area contributed by atoms with Crippen LogP contribution >= 0.6 is 0 Å². The number of hydrogen-bond acceptors (Lipinski definition) is 2. The summed E-state index contributed by atoms with van der Waals surface area (Å²) in [6, 6.07) is 2.30. The molecule has 1 rings (SSSR count). The Labute approximate surface area is 68.8 Å². The quantitative estimate of drug-likeness (QED) is 0.614. The first-order chi connectivity index (χ1) is 5.06. The molecule has 1 saturated carbocycles. The van der Waals surface area contributed by atoms with E-state index in [1.54, 1.807) is 0 Å². The molecule has 0 bridgehead atoms. The maximum absolute atomic E-state index is 8.81. The zero-order chi connectivity index (χ0) is 8.48. The average Bonchev–Trinajstić information content (AvgIpc) is 2.72. The zero-order valence-corrected chi connectivity index (χ0v) is 7.59. The largest absolute Gasteiger partial charge is 0.289 e. The average molecular weight is 152 g/mol. The topological polar surface area (TPSA) is 27.0 Å². The minimum Gasteiger partial charge on any atom is -0.289 e. The van der Waals surface area contributed by atoms with Gasteiger partial charge in [0.15, 0.2) is 0 Å². The van der Waals surface area contributed by atoms with E-state index in [1.165, 1.54) is 12.8 Å². The summed E-state index contributed by atoms with van der Waals surface area (Å²) in [5.74, 6) is 0.868. The van der Waals surface area contributed by atoms with Gasteiger partial charge in [0, 0.05) is 6.54 Å². The molecular formula is C9H16N2. The molecule has 0 aromatic heterocycles. The molecule has 2 heteroatoms. The van der Waals surface area contributed by atoms with Crippen molar-refractivity contribution in [3.05, 3.63) is 0 Å². The van der Waals surface area contributed by atoms with Crippen LogP contribution in [-0.4, -0.2) is 24.0 Å². The van der Waals surface area contributed by atoms with Crippen LogP contribution in [0.15, 0.2) is 0 Å². The van der Waals surface area contributed by atoms with Crippen molar-refractivity contribution >= 4 is 0 Å². The lowest BCUT2D eigenvalue weighted by molar-refractivity contribution is 0.203. The number of nitrogens with zero attached hydrogens (tertiary/aromatic N) is 2. The Morgan fingerprint density at radius 2 is 2.09 bits per heavy atom. The SMILES string of the molecule is CN(CC1CC1)C(C)(C)C#N. The van der Waals surface area contributed by atoms with Crippen LogP contribution in [-0.2, 0) is 0 Å². The highest BCUT2D eigenvalue weighted by Gasteiger charge is 2.29. The molecule has 0 N–H and O–H groups in total. The maximum atomic E-state index is 8.81. The molecule has 0 spiro atoms. The summed E-state index contributed by atoms with van der Waals surface area (Å²) >= 11 is 0. The molecule has 0 amide bonds. The van der Waals surface area contributed by atoms with E-state index in [2.05, 4.69) is 11.0 Å². The second-order valence-electron chi connectivity index (χ2n) is 3.99. The normalized spacial score (nSPS) is 18.5. The van der Waals surface area contributed by atoms with E-state index in [0.29, 0.717) is 0 Å². The van der Waals surface area contributed by atoms with Crippen LogP contribution in [0.1, 0.15) is 26.7 Å². The van der Waals surface area contributed by atoms with Gasteiger partial charge in [-0.25, -0.2) is 0 Å². The molecule has 11 heavy (non-hydrogen) atoms. The summed E-state index contributed by atoms with van der Waals surface area (Å²) in [6.07, 6.45) is 2.71. The van der Waals surface area contributed by atoms with Crippen LogP contribution in [0.25, 0.3) is 0 Å². The Kier molecular flexibility index (Phi) is 2.20. The van der Waals surface area contributed by atoms with E-state index in [9.17, 15) is 0 Å². The summed E-state index contributed by atoms with van der Waals surface area (Å²) in [6.45, 7) is 5.02. The first-order valence-electron chi connectivity index (χ1n) is 4.19. The molecule has 62 valence electrons. The molecule has 1 fully saturated rings. The van der Waals surface area contributed by atoms with E-state index < -0.39 is 0 Å². The molecule has 0 aromatic carbocycles. The Morgan fingerprint density at radius 1 is 1.55 bits per heavy atom. The van der Waals surface area contributed by atoms with Crippen LogP contribution in [0.5, 0.6) is 0 Å². The van der Waals surface area contributed by atoms with E-state index >= 15 is 0 Å². The lowest BCUT2D eigenvalue weighted by Gasteiger charge is -2.28. The third-order valence-corrected chi connectivity index (χ3v) is 2.46. The highest BCUT2D eigenvalue weighted by atomic mass is 15.2. The third kappa shape index (κ3) is 2.20. The van der Waals surface area contributed by atoms with Gasteiger partial charge < -0.3 is 0 Å². The van der Waals surface area contributed by atoms with Crippen molar-refractivity contribution in [3.63, 3.8) is 0 Å². The number of hydrogen-bond donors (Lipinski definition) is 0. The van der Waals surface area contributed by atoms with Crippen LogP contribution in [0.2, 0.25) is 0 Å². The van der Waals surface area contributed by atoms with Gasteiger partial charge in [-0.3, -0.25) is 4.90 Å². The van der Waals surface area contributed by atoms with Gasteiger partial charge in [-0.05, 0) is 39.7 Å². The third-order valence-electron chi connectivity index (χ3n) is 2.46. The van der Waals surface area contributed by atoms with Gasteiger partial charge in [0.05, 0.1) is 6.07 Å². The van der Waals surface area contributed by atoms with E-state index in [1.807, 2.05) is 20.9 Å². The van der Waals surface area contributed by atoms with E-state index in [0.717, 1.165) is 12.5 Å². The molecule has 2 nitrogen and oxygen atoms in total. The van der Waals surface area contributed by atoms with Gasteiger partial charge in [0.1, 0.15) is 5.54 Å². The zero-order valence-electron chi connectivity index (χ0n) is 7.59. The molecule has 0 radical (unpaired) electrons. The summed E-state index contributed by atoms with van der Waals surface area (Å²) < 4.78 is 0. The summed E-state index contributed by atoms with van der Waals surface area (Å²) in [5.41, 5.74) is -0.289. The van der Waals surface area contributed by atoms with Gasteiger partial charge in [0.2, 0.25) is 0 Å². The maximum Gasteiger partial charge on any atom is 0.103 e. The lowest BCUT2D eigenvalue weighted by Crippen LogP contribution is -2.40. The van der Waals surface area contributed by atoms with Gasteiger partial charge in [-0.2, -0.15) is 5.26 Å². The highest BCUT2D eigenvalue weighted by molar-refractivity contribution is 5.01. The lowest BCUT2D eigenvalue weighted by atomic mass is 10.1. The Balaban J connectivity index is 2.38. The Bertz CT molecular complexity index is 174. The van der Waals surface area contributed by atoms with Crippen molar-refractivity contribution in [1.82, 2.24) is 4.90 Å². The van der Waals surface area contributed by atoms with Crippen LogP contribution < -0.4 is 0 Å². The summed E-state index contributed by atoms with van der Waals surface area (Å²) in [5, 5.41) is 8.81. The van der Waals surface area contributed by atoms with Crippen LogP contribution in [0.4, 0.5) is 0 Å². The predicted molar refractivity (Wildman–Crippen MR) is 45.0 cm³/mol. The van der Waals surface area contributed by atoms with E-state index in [-0.39, 0.29) is 5.54 Å². The minimum atomic E-state index is -0.289. The molecule has 0 atom stereocenters. The van der Waals surface area contributed by atoms with Crippen molar-refractivity contribution < 1.29 is 0 Å². The van der Waals surface area contributed by atoms with Crippen molar-refractivity contribution in [2.75, 3.05) is 13.6 Å². The van der Waals surface area contributed by atoms with Crippen molar-refractivity contribution in [2.24, 2.45) is 5.92 Å². The molecule has 1 aliphatic carbocycles. The van der Waals surface area contributed by atoms with Gasteiger partial charge in [-0.1, -0.05) is 0 Å². The van der Waals surface area contributed by atoms with Gasteiger partial charge in [0.25, 0.3) is 0 Å². The molecule has 0 heterocycles. The van der Waals surface area contributed by atoms with Gasteiger partial charge in [-0.15, -0.1) is 0 Å². The monoisotopic (exact) mass is 152 g/mol. The molecule has 0 unspecified atom stereocenters. The first-order valence-corrected chi connectivity index (χ1v) is 4.19. The van der Waals surface area contributed by atoms with Crippen molar-refractivity contribution in [3.8, 4) is 6.07 Å². The first kappa shape index (κ1) is 8.55. The standard InChI is InChI=1S/C9H16N2/c1-9(2,7-10)11(3)6-8-4-5-8/h8H,4-6H2,1-3H3. The molecule has 0 aliphatic heterocycles. The van der Waals surface area contributed by atoms with Crippen molar-refractivity contribution in [1.29, 1.82) is 5.26 Å². The smallest absolute Gasteiger partial charge is 0.103 e. The molecule has 0 saturated heterocycles. The number of rotatable bonds is 3. The molecular weight excluding hydrogens is 136 g/mol. The summed E-state index contributed by atoms with van der Waals surface area (Å²) in [7, 11) is 2.03. The summed E-state index contributed by atoms with van der Waals surface area (Å²) in [4.78, 5) is 2.14. The second kappa shape index (κ2) is 2.83. The van der Waals surface area contributed by atoms with Crippen molar-refractivity contribution in [2.45, 2.75) is 32.2 Å². The fraction of sp³-hybridized carbons (Fsp3) is 0.889. The van der Waals surface area contributed by atoms with Gasteiger partial charge >= 0.3 is 0 Å². The molecule has 0 aromatic rings. The fourth-order valence-electron chi connectivity index (χ4n) is 1.00. The number of nitriles is 1. The predicted octanol–water partition coefficient (Wildman–Crippen LogP) is 1.63. The minimum absolute atomic E-state index is 0.289. The second-order valence-corrected chi connectivity index (χ2v) is 3.99. The van der Waals surface area contributed by atoms with Crippen LogP contribution in [0, 0.1) is 17.2 Å². The van der Waals surface area contributed by atoms with E-state index in [4.69, 9.17) is 5.26 Å². The highest BCUT2D eigenvalue weighted by Crippen LogP contribution is 2.30. The Morgan fingerprint density at radius 3 is 2.45 bits per heavy atom. The Hall–Kier alpha value is -0.550. The fourth-order valence-corrected chi connectivity index (χ4v) is 1.00.